The highest BCUT2D eigenvalue weighted by Gasteiger charge is 2.15. The third kappa shape index (κ3) is 2.27. The van der Waals surface area contributed by atoms with E-state index in [1.807, 2.05) is 0 Å². The highest BCUT2D eigenvalue weighted by Crippen LogP contribution is 2.31. The number of rotatable bonds is 2. The molecule has 0 saturated heterocycles. The summed E-state index contributed by atoms with van der Waals surface area (Å²) in [5, 5.41) is 10.0. The van der Waals surface area contributed by atoms with Gasteiger partial charge in [0.05, 0.1) is 5.69 Å². The van der Waals surface area contributed by atoms with Crippen molar-refractivity contribution >= 4 is 11.3 Å². The monoisotopic (exact) mass is 269 g/mol. The van der Waals surface area contributed by atoms with Crippen molar-refractivity contribution in [2.45, 2.75) is 32.2 Å². The number of fused-ring (bicyclic) bond motifs is 1. The molecule has 3 rings (SSSR count). The molecule has 2 N–H and O–H groups in total. The van der Waals surface area contributed by atoms with E-state index in [2.05, 4.69) is 29.3 Å². The smallest absolute Gasteiger partial charge is 0.132 e. The molecule has 0 aliphatic heterocycles. The molecule has 0 saturated carbocycles. The third-order valence-electron chi connectivity index (χ3n) is 3.57. The first-order valence-corrected chi connectivity index (χ1v) is 7.35. The minimum atomic E-state index is 0.393. The van der Waals surface area contributed by atoms with Gasteiger partial charge in [-0.15, -0.1) is 11.3 Å². The number of hydrogen-bond acceptors (Lipinski definition) is 4. The van der Waals surface area contributed by atoms with Gasteiger partial charge in [0.2, 0.25) is 0 Å². The minimum absolute atomic E-state index is 0.393. The molecule has 1 aliphatic carbocycles. The molecule has 2 aromatic rings. The summed E-state index contributed by atoms with van der Waals surface area (Å²) in [7, 11) is 0. The summed E-state index contributed by atoms with van der Waals surface area (Å²) in [5.74, 6) is 0. The minimum Gasteiger partial charge on any atom is -0.325 e. The summed E-state index contributed by atoms with van der Waals surface area (Å²) in [6.07, 6.45) is 4.85. The van der Waals surface area contributed by atoms with Gasteiger partial charge in [-0.3, -0.25) is 0 Å². The van der Waals surface area contributed by atoms with E-state index in [0.29, 0.717) is 11.4 Å². The van der Waals surface area contributed by atoms with Crippen LogP contribution >= 0.6 is 11.3 Å². The van der Waals surface area contributed by atoms with E-state index in [4.69, 9.17) is 5.73 Å². The van der Waals surface area contributed by atoms with Crippen LogP contribution in [0.2, 0.25) is 0 Å². The molecule has 1 heterocycles. The van der Waals surface area contributed by atoms with E-state index >= 15 is 0 Å². The van der Waals surface area contributed by atoms with Crippen molar-refractivity contribution in [3.05, 3.63) is 39.2 Å². The first kappa shape index (κ1) is 12.3. The van der Waals surface area contributed by atoms with Gasteiger partial charge in [0, 0.05) is 12.1 Å². The summed E-state index contributed by atoms with van der Waals surface area (Å²) in [5.41, 5.74) is 10.3. The van der Waals surface area contributed by atoms with Gasteiger partial charge in [0.25, 0.3) is 0 Å². The number of hydrogen-bond donors (Lipinski definition) is 1. The molecule has 0 atom stereocenters. The molecule has 1 aliphatic rings. The van der Waals surface area contributed by atoms with Crippen molar-refractivity contribution in [3.63, 3.8) is 0 Å². The van der Waals surface area contributed by atoms with Crippen molar-refractivity contribution in [3.8, 4) is 17.3 Å². The fourth-order valence-corrected chi connectivity index (χ4v) is 3.37. The Labute approximate surface area is 116 Å². The third-order valence-corrected chi connectivity index (χ3v) is 4.55. The molecule has 0 unspecified atom stereocenters. The average molecular weight is 269 g/mol. The van der Waals surface area contributed by atoms with Crippen LogP contribution in [-0.2, 0) is 19.4 Å². The fraction of sp³-hybridized carbons (Fsp3) is 0.333. The molecule has 0 fully saturated rings. The molecule has 0 spiro atoms. The Hall–Kier alpha value is -1.70. The van der Waals surface area contributed by atoms with Crippen LogP contribution in [0.5, 0.6) is 0 Å². The number of thiazole rings is 1. The Morgan fingerprint density at radius 2 is 2.05 bits per heavy atom. The fourth-order valence-electron chi connectivity index (χ4n) is 2.60. The quantitative estimate of drug-likeness (QED) is 0.911. The van der Waals surface area contributed by atoms with E-state index in [0.717, 1.165) is 22.7 Å². The van der Waals surface area contributed by atoms with Gasteiger partial charge >= 0.3 is 0 Å². The van der Waals surface area contributed by atoms with E-state index < -0.39 is 0 Å². The van der Waals surface area contributed by atoms with Gasteiger partial charge in [-0.1, -0.05) is 12.1 Å². The molecule has 96 valence electrons. The molecule has 0 bridgehead atoms. The van der Waals surface area contributed by atoms with Crippen molar-refractivity contribution in [1.82, 2.24) is 4.98 Å². The zero-order valence-corrected chi connectivity index (χ0v) is 11.5. The van der Waals surface area contributed by atoms with Crippen LogP contribution in [0.15, 0.2) is 18.2 Å². The lowest BCUT2D eigenvalue weighted by atomic mass is 9.90. The van der Waals surface area contributed by atoms with E-state index in [1.165, 1.54) is 41.7 Å². The SMILES string of the molecule is N#Cc1sc(CN)nc1-c1ccc2c(c1)CCCC2. The Kier molecular flexibility index (Phi) is 3.33. The lowest BCUT2D eigenvalue weighted by Gasteiger charge is -2.16. The summed E-state index contributed by atoms with van der Waals surface area (Å²) < 4.78 is 0. The summed E-state index contributed by atoms with van der Waals surface area (Å²) >= 11 is 1.39. The molecule has 1 aromatic carbocycles. The number of aromatic nitrogens is 1. The largest absolute Gasteiger partial charge is 0.325 e. The van der Waals surface area contributed by atoms with Gasteiger partial charge in [-0.25, -0.2) is 4.98 Å². The standard InChI is InChI=1S/C15H15N3S/c16-8-13-15(18-14(9-17)19-13)12-6-5-10-3-1-2-4-11(10)7-12/h5-7H,1-4,9,17H2. The topological polar surface area (TPSA) is 62.7 Å². The summed E-state index contributed by atoms with van der Waals surface area (Å²) in [4.78, 5) is 5.15. The second-order valence-electron chi connectivity index (χ2n) is 4.79. The second-order valence-corrected chi connectivity index (χ2v) is 5.88. The van der Waals surface area contributed by atoms with Crippen LogP contribution in [0.4, 0.5) is 0 Å². The Morgan fingerprint density at radius 3 is 2.79 bits per heavy atom. The Morgan fingerprint density at radius 1 is 1.26 bits per heavy atom. The maximum atomic E-state index is 9.21. The van der Waals surface area contributed by atoms with Crippen molar-refractivity contribution < 1.29 is 0 Å². The van der Waals surface area contributed by atoms with Gasteiger partial charge < -0.3 is 5.73 Å². The molecule has 3 nitrogen and oxygen atoms in total. The van der Waals surface area contributed by atoms with Crippen LogP contribution in [0, 0.1) is 11.3 Å². The first-order chi connectivity index (χ1) is 9.31. The maximum Gasteiger partial charge on any atom is 0.132 e. The summed E-state index contributed by atoms with van der Waals surface area (Å²) in [6, 6.07) is 8.70. The molecule has 0 radical (unpaired) electrons. The predicted molar refractivity (Wildman–Crippen MR) is 76.8 cm³/mol. The van der Waals surface area contributed by atoms with Gasteiger partial charge in [-0.05, 0) is 42.9 Å². The van der Waals surface area contributed by atoms with E-state index in [1.54, 1.807) is 0 Å². The van der Waals surface area contributed by atoms with Crippen molar-refractivity contribution in [2.24, 2.45) is 5.73 Å². The van der Waals surface area contributed by atoms with Crippen LogP contribution < -0.4 is 5.73 Å². The molecular weight excluding hydrogens is 254 g/mol. The number of nitrogens with zero attached hydrogens (tertiary/aromatic N) is 2. The lowest BCUT2D eigenvalue weighted by Crippen LogP contribution is -2.02. The average Bonchev–Trinajstić information content (AvgIpc) is 2.90. The Bertz CT molecular complexity index is 652. The highest BCUT2D eigenvalue weighted by molar-refractivity contribution is 7.12. The van der Waals surface area contributed by atoms with Crippen molar-refractivity contribution in [2.75, 3.05) is 0 Å². The van der Waals surface area contributed by atoms with Crippen molar-refractivity contribution in [1.29, 1.82) is 5.26 Å². The van der Waals surface area contributed by atoms with Crippen LogP contribution in [-0.4, -0.2) is 4.98 Å². The molecular formula is C15H15N3S. The lowest BCUT2D eigenvalue weighted by molar-refractivity contribution is 0.686. The zero-order valence-electron chi connectivity index (χ0n) is 10.6. The van der Waals surface area contributed by atoms with E-state index in [-0.39, 0.29) is 0 Å². The summed E-state index contributed by atoms with van der Waals surface area (Å²) in [6.45, 7) is 0.393. The molecule has 0 amide bonds. The number of benzene rings is 1. The first-order valence-electron chi connectivity index (χ1n) is 6.54. The van der Waals surface area contributed by atoms with Crippen LogP contribution in [0.1, 0.15) is 33.9 Å². The van der Waals surface area contributed by atoms with Gasteiger partial charge in [0.15, 0.2) is 0 Å². The maximum absolute atomic E-state index is 9.21. The number of nitriles is 1. The van der Waals surface area contributed by atoms with Crippen LogP contribution in [0.3, 0.4) is 0 Å². The Balaban J connectivity index is 2.07. The van der Waals surface area contributed by atoms with Crippen LogP contribution in [0.25, 0.3) is 11.3 Å². The number of aryl methyl sites for hydroxylation is 2. The molecule has 19 heavy (non-hydrogen) atoms. The van der Waals surface area contributed by atoms with E-state index in [9.17, 15) is 5.26 Å². The zero-order chi connectivity index (χ0) is 13.2. The predicted octanol–water partition coefficient (Wildman–Crippen LogP) is 3.02. The normalized spacial score (nSPS) is 13.9. The number of nitrogens with two attached hydrogens (primary N) is 1. The highest BCUT2D eigenvalue weighted by atomic mass is 32.1. The molecule has 1 aromatic heterocycles. The van der Waals surface area contributed by atoms with Gasteiger partial charge in [-0.2, -0.15) is 5.26 Å². The second kappa shape index (κ2) is 5.12. The molecule has 4 heteroatoms. The van der Waals surface area contributed by atoms with Gasteiger partial charge in [0.1, 0.15) is 16.0 Å².